The van der Waals surface area contributed by atoms with Crippen molar-refractivity contribution in [1.82, 2.24) is 20.4 Å². The summed E-state index contributed by atoms with van der Waals surface area (Å²) in [5, 5.41) is 11.5. The Bertz CT molecular complexity index is 496. The van der Waals surface area contributed by atoms with Crippen LogP contribution < -0.4 is 10.6 Å². The predicted molar refractivity (Wildman–Crippen MR) is 86.8 cm³/mol. The maximum absolute atomic E-state index is 12.1. The van der Waals surface area contributed by atoms with Gasteiger partial charge >= 0.3 is 0 Å². The number of halogens is 1. The lowest BCUT2D eigenvalue weighted by Crippen LogP contribution is -2.59. The molecule has 0 aliphatic heterocycles. The number of nitrogens with zero attached hydrogens (tertiary/aromatic N) is 2. The first-order chi connectivity index (χ1) is 10.7. The molecule has 122 valence electrons. The van der Waals surface area contributed by atoms with Crippen LogP contribution in [0.25, 0.3) is 0 Å². The smallest absolute Gasteiger partial charge is 0.242 e. The highest BCUT2D eigenvalue weighted by molar-refractivity contribution is 6.30. The van der Waals surface area contributed by atoms with E-state index >= 15 is 0 Å². The molecule has 2 atom stereocenters. The van der Waals surface area contributed by atoms with Crippen LogP contribution in [0.1, 0.15) is 51.4 Å². The van der Waals surface area contributed by atoms with E-state index in [4.69, 9.17) is 11.6 Å². The van der Waals surface area contributed by atoms with Crippen molar-refractivity contribution < 1.29 is 4.79 Å². The predicted octanol–water partition coefficient (Wildman–Crippen LogP) is 2.50. The number of rotatable bonds is 5. The fourth-order valence-electron chi connectivity index (χ4n) is 3.45. The monoisotopic (exact) mass is 324 g/mol. The van der Waals surface area contributed by atoms with Crippen molar-refractivity contribution in [3.63, 3.8) is 0 Å². The molecule has 2 fully saturated rings. The Morgan fingerprint density at radius 2 is 1.91 bits per heavy atom. The summed E-state index contributed by atoms with van der Waals surface area (Å²) in [6.07, 6.45) is 13.4. The Hall–Kier alpha value is -1.07. The molecule has 2 saturated carbocycles. The number of carbonyl (C=O) groups excluding carboxylic acids is 1. The molecule has 1 heterocycles. The van der Waals surface area contributed by atoms with Gasteiger partial charge in [0.2, 0.25) is 5.91 Å². The Balaban J connectivity index is 1.43. The molecule has 0 saturated heterocycles. The number of hydrogen-bond acceptors (Lipinski definition) is 3. The summed E-state index contributed by atoms with van der Waals surface area (Å²) in [6.45, 7) is 0.235. The van der Waals surface area contributed by atoms with Crippen LogP contribution in [-0.2, 0) is 11.3 Å². The molecule has 5 nitrogen and oxygen atoms in total. The normalized spacial score (nSPS) is 26.2. The minimum Gasteiger partial charge on any atom is -0.350 e. The molecule has 0 spiro atoms. The Morgan fingerprint density at radius 3 is 2.50 bits per heavy atom. The van der Waals surface area contributed by atoms with E-state index in [0.29, 0.717) is 17.1 Å². The third kappa shape index (κ3) is 4.23. The minimum absolute atomic E-state index is 0.0112. The topological polar surface area (TPSA) is 59.0 Å². The maximum Gasteiger partial charge on any atom is 0.242 e. The van der Waals surface area contributed by atoms with Gasteiger partial charge in [-0.05, 0) is 25.7 Å². The number of aromatic nitrogens is 2. The van der Waals surface area contributed by atoms with Gasteiger partial charge in [0.1, 0.15) is 6.54 Å². The fourth-order valence-corrected chi connectivity index (χ4v) is 3.60. The molecule has 2 aliphatic rings. The van der Waals surface area contributed by atoms with Crippen molar-refractivity contribution in [3.8, 4) is 0 Å². The number of nitrogens with one attached hydrogen (secondary N) is 2. The molecule has 2 aliphatic carbocycles. The van der Waals surface area contributed by atoms with Gasteiger partial charge in [-0.3, -0.25) is 9.48 Å². The van der Waals surface area contributed by atoms with E-state index in [1.165, 1.54) is 38.5 Å². The van der Waals surface area contributed by atoms with E-state index in [2.05, 4.69) is 15.7 Å². The van der Waals surface area contributed by atoms with Gasteiger partial charge in [0.05, 0.1) is 11.2 Å². The van der Waals surface area contributed by atoms with Gasteiger partial charge in [-0.2, -0.15) is 5.10 Å². The van der Waals surface area contributed by atoms with E-state index in [-0.39, 0.29) is 18.5 Å². The molecule has 22 heavy (non-hydrogen) atoms. The van der Waals surface area contributed by atoms with Crippen LogP contribution in [0.3, 0.4) is 0 Å². The van der Waals surface area contributed by atoms with Crippen molar-refractivity contribution in [3.05, 3.63) is 17.4 Å². The highest BCUT2D eigenvalue weighted by Crippen LogP contribution is 2.24. The van der Waals surface area contributed by atoms with Crippen molar-refractivity contribution in [2.45, 2.75) is 76.0 Å². The first kappa shape index (κ1) is 15.8. The average molecular weight is 325 g/mol. The van der Waals surface area contributed by atoms with Crippen molar-refractivity contribution in [1.29, 1.82) is 0 Å². The van der Waals surface area contributed by atoms with Gasteiger partial charge < -0.3 is 10.6 Å². The van der Waals surface area contributed by atoms with Crippen LogP contribution in [-0.4, -0.2) is 33.8 Å². The van der Waals surface area contributed by atoms with Crippen LogP contribution in [0.5, 0.6) is 0 Å². The van der Waals surface area contributed by atoms with Crippen molar-refractivity contribution >= 4 is 17.5 Å². The van der Waals surface area contributed by atoms with E-state index in [0.717, 1.165) is 12.8 Å². The van der Waals surface area contributed by atoms with Crippen LogP contribution in [0, 0.1) is 0 Å². The molecule has 0 aromatic carbocycles. The first-order valence-electron chi connectivity index (χ1n) is 8.44. The molecule has 1 amide bonds. The molecule has 2 N–H and O–H groups in total. The molecule has 0 radical (unpaired) electrons. The highest BCUT2D eigenvalue weighted by Gasteiger charge is 2.33. The van der Waals surface area contributed by atoms with E-state index < -0.39 is 0 Å². The van der Waals surface area contributed by atoms with Crippen molar-refractivity contribution in [2.24, 2.45) is 0 Å². The number of carbonyl (C=O) groups is 1. The lowest BCUT2D eigenvalue weighted by Gasteiger charge is -2.40. The van der Waals surface area contributed by atoms with Gasteiger partial charge in [0.15, 0.2) is 0 Å². The standard InChI is InChI=1S/C16H25ClN4O/c17-12-9-18-21(10-12)11-16(22)20-15-8-7-14(15)19-13-5-3-1-2-4-6-13/h9-10,13-15,19H,1-8,11H2,(H,20,22)/t14-,15+/m1/s1. The third-order valence-corrected chi connectivity index (χ3v) is 5.03. The summed E-state index contributed by atoms with van der Waals surface area (Å²) in [5.74, 6) is 0.0112. The summed E-state index contributed by atoms with van der Waals surface area (Å²) in [4.78, 5) is 12.1. The van der Waals surface area contributed by atoms with Crippen LogP contribution >= 0.6 is 11.6 Å². The Labute approximate surface area is 136 Å². The summed E-state index contributed by atoms with van der Waals surface area (Å²) in [5.41, 5.74) is 0. The molecule has 0 unspecified atom stereocenters. The Kier molecular flexibility index (Phi) is 5.37. The van der Waals surface area contributed by atoms with Crippen LogP contribution in [0.15, 0.2) is 12.4 Å². The summed E-state index contributed by atoms with van der Waals surface area (Å²) in [7, 11) is 0. The molecule has 1 aromatic heterocycles. The SMILES string of the molecule is O=C(Cn1cc(Cl)cn1)N[C@H]1CC[C@H]1NC1CCCCCC1. The van der Waals surface area contributed by atoms with E-state index in [1.54, 1.807) is 17.1 Å². The lowest BCUT2D eigenvalue weighted by atomic mass is 9.85. The molecule has 0 bridgehead atoms. The van der Waals surface area contributed by atoms with E-state index in [1.807, 2.05) is 0 Å². The largest absolute Gasteiger partial charge is 0.350 e. The zero-order chi connectivity index (χ0) is 15.4. The third-order valence-electron chi connectivity index (χ3n) is 4.83. The van der Waals surface area contributed by atoms with Crippen molar-refractivity contribution in [2.75, 3.05) is 0 Å². The summed E-state index contributed by atoms with van der Waals surface area (Å²) < 4.78 is 1.57. The second-order valence-electron chi connectivity index (χ2n) is 6.57. The number of hydrogen-bond donors (Lipinski definition) is 2. The Morgan fingerprint density at radius 1 is 1.18 bits per heavy atom. The van der Waals surface area contributed by atoms with Gasteiger partial charge in [0, 0.05) is 24.3 Å². The fraction of sp³-hybridized carbons (Fsp3) is 0.750. The molecule has 3 rings (SSSR count). The highest BCUT2D eigenvalue weighted by atomic mass is 35.5. The zero-order valence-electron chi connectivity index (χ0n) is 12.9. The zero-order valence-corrected chi connectivity index (χ0v) is 13.7. The van der Waals surface area contributed by atoms with Gasteiger partial charge in [-0.25, -0.2) is 0 Å². The second-order valence-corrected chi connectivity index (χ2v) is 7.01. The minimum atomic E-state index is 0.0112. The molecular weight excluding hydrogens is 300 g/mol. The second kappa shape index (κ2) is 7.47. The molecule has 1 aromatic rings. The van der Waals surface area contributed by atoms with Crippen LogP contribution in [0.2, 0.25) is 5.02 Å². The van der Waals surface area contributed by atoms with E-state index in [9.17, 15) is 4.79 Å². The quantitative estimate of drug-likeness (QED) is 0.818. The maximum atomic E-state index is 12.1. The summed E-state index contributed by atoms with van der Waals surface area (Å²) in [6, 6.07) is 1.34. The first-order valence-corrected chi connectivity index (χ1v) is 8.82. The number of amides is 1. The van der Waals surface area contributed by atoms with Gasteiger partial charge in [0.25, 0.3) is 0 Å². The van der Waals surface area contributed by atoms with Crippen LogP contribution in [0.4, 0.5) is 0 Å². The lowest BCUT2D eigenvalue weighted by molar-refractivity contribution is -0.123. The van der Waals surface area contributed by atoms with Gasteiger partial charge in [-0.1, -0.05) is 37.3 Å². The molecule has 6 heteroatoms. The van der Waals surface area contributed by atoms with Gasteiger partial charge in [-0.15, -0.1) is 0 Å². The summed E-state index contributed by atoms with van der Waals surface area (Å²) >= 11 is 5.81. The average Bonchev–Trinajstić information content (AvgIpc) is 2.74. The molecular formula is C16H25ClN4O.